The smallest absolute Gasteiger partial charge is 0.269 e. The summed E-state index contributed by atoms with van der Waals surface area (Å²) in [5.41, 5.74) is 0.634. The van der Waals surface area contributed by atoms with Gasteiger partial charge in [-0.1, -0.05) is 23.7 Å². The molecular formula is C11H12ClFN2O3. The maximum Gasteiger partial charge on any atom is 0.269 e. The van der Waals surface area contributed by atoms with Gasteiger partial charge in [0.05, 0.1) is 24.6 Å². The summed E-state index contributed by atoms with van der Waals surface area (Å²) in [6, 6.07) is 6.10. The first-order chi connectivity index (χ1) is 8.48. The minimum atomic E-state index is -1.16. The van der Waals surface area contributed by atoms with Gasteiger partial charge in [0.2, 0.25) is 0 Å². The van der Waals surface area contributed by atoms with E-state index in [2.05, 4.69) is 0 Å². The number of alkyl halides is 1. The van der Waals surface area contributed by atoms with Crippen molar-refractivity contribution < 1.29 is 14.1 Å². The fourth-order valence-electron chi connectivity index (χ4n) is 1.90. The van der Waals surface area contributed by atoms with Gasteiger partial charge in [-0.05, 0) is 5.56 Å². The number of nitrogens with zero attached hydrogens (tertiary/aromatic N) is 2. The van der Waals surface area contributed by atoms with E-state index in [1.54, 1.807) is 12.1 Å². The molecule has 1 saturated heterocycles. The fraction of sp³-hybridized carbons (Fsp3) is 0.455. The molecule has 1 aromatic rings. The molecule has 5 nitrogen and oxygen atoms in total. The Labute approximate surface area is 108 Å². The zero-order valence-electron chi connectivity index (χ0n) is 9.51. The highest BCUT2D eigenvalue weighted by atomic mass is 35.5. The Morgan fingerprint density at radius 2 is 2.39 bits per heavy atom. The number of hydrogen-bond donors (Lipinski definition) is 0. The van der Waals surface area contributed by atoms with Crippen LogP contribution in [0.2, 0.25) is 0 Å². The van der Waals surface area contributed by atoms with Crippen LogP contribution in [0.4, 0.5) is 10.2 Å². The van der Waals surface area contributed by atoms with Crippen molar-refractivity contribution in [3.05, 3.63) is 39.9 Å². The summed E-state index contributed by atoms with van der Waals surface area (Å²) in [5.74, 6) is 0. The van der Waals surface area contributed by atoms with Crippen LogP contribution in [-0.2, 0) is 11.2 Å². The van der Waals surface area contributed by atoms with Crippen LogP contribution >= 0.6 is 11.6 Å². The van der Waals surface area contributed by atoms with Gasteiger partial charge >= 0.3 is 0 Å². The zero-order chi connectivity index (χ0) is 13.2. The molecule has 0 aromatic heterocycles. The van der Waals surface area contributed by atoms with Crippen molar-refractivity contribution in [2.45, 2.75) is 11.5 Å². The van der Waals surface area contributed by atoms with Crippen molar-refractivity contribution in [1.29, 1.82) is 0 Å². The lowest BCUT2D eigenvalue weighted by Gasteiger charge is -2.34. The lowest BCUT2D eigenvalue weighted by molar-refractivity contribution is -0.384. The molecule has 7 heteroatoms. The molecule has 1 atom stereocenters. The van der Waals surface area contributed by atoms with Gasteiger partial charge in [-0.2, -0.15) is 0 Å². The zero-order valence-corrected chi connectivity index (χ0v) is 10.3. The molecule has 0 N–H and O–H groups in total. The third-order valence-electron chi connectivity index (χ3n) is 2.69. The van der Waals surface area contributed by atoms with Crippen molar-refractivity contribution in [3.8, 4) is 0 Å². The maximum absolute atomic E-state index is 13.1. The van der Waals surface area contributed by atoms with Gasteiger partial charge in [-0.15, -0.1) is 9.60 Å². The van der Waals surface area contributed by atoms with Crippen LogP contribution in [0.1, 0.15) is 5.56 Å². The Hall–Kier alpha value is -1.24. The van der Waals surface area contributed by atoms with Gasteiger partial charge in [0.25, 0.3) is 5.69 Å². The number of benzene rings is 1. The number of nitro groups is 1. The second-order valence-electron chi connectivity index (χ2n) is 4.18. The molecule has 1 heterocycles. The molecule has 1 aliphatic rings. The summed E-state index contributed by atoms with van der Waals surface area (Å²) >= 11 is 6.16. The van der Waals surface area contributed by atoms with Crippen LogP contribution in [0.25, 0.3) is 0 Å². The molecule has 0 radical (unpaired) electrons. The van der Waals surface area contributed by atoms with E-state index in [9.17, 15) is 14.6 Å². The summed E-state index contributed by atoms with van der Waals surface area (Å²) in [5, 5.41) is 10.1. The van der Waals surface area contributed by atoms with Gasteiger partial charge in [-0.3, -0.25) is 10.1 Å². The highest BCUT2D eigenvalue weighted by molar-refractivity contribution is 6.23. The molecule has 1 fully saturated rings. The summed E-state index contributed by atoms with van der Waals surface area (Å²) in [6.45, 7) is 0.329. The number of non-ortho nitro benzene ring substituents is 1. The van der Waals surface area contributed by atoms with Crippen LogP contribution in [0.3, 0.4) is 0 Å². The largest absolute Gasteiger partial charge is 0.357 e. The normalized spacial score (nSPS) is 25.0. The van der Waals surface area contributed by atoms with Crippen LogP contribution in [0.15, 0.2) is 24.3 Å². The quantitative estimate of drug-likeness (QED) is 0.367. The van der Waals surface area contributed by atoms with E-state index in [1.165, 1.54) is 12.1 Å². The molecule has 98 valence electrons. The second kappa shape index (κ2) is 5.17. The van der Waals surface area contributed by atoms with E-state index < -0.39 is 9.98 Å². The third-order valence-corrected chi connectivity index (χ3v) is 3.05. The molecule has 2 rings (SSSR count). The lowest BCUT2D eigenvalue weighted by atomic mass is 10.1. The minimum Gasteiger partial charge on any atom is -0.357 e. The van der Waals surface area contributed by atoms with Crippen LogP contribution in [-0.4, -0.2) is 34.8 Å². The molecule has 0 aliphatic carbocycles. The molecule has 0 spiro atoms. The molecule has 0 amide bonds. The third kappa shape index (κ3) is 3.16. The van der Waals surface area contributed by atoms with Crippen molar-refractivity contribution >= 4 is 17.3 Å². The molecule has 1 aromatic carbocycles. The summed E-state index contributed by atoms with van der Waals surface area (Å²) in [7, 11) is 0. The van der Waals surface area contributed by atoms with E-state index in [0.29, 0.717) is 10.7 Å². The van der Waals surface area contributed by atoms with E-state index >= 15 is 0 Å². The summed E-state index contributed by atoms with van der Waals surface area (Å²) in [6.07, 6.45) is 0.219. The summed E-state index contributed by atoms with van der Waals surface area (Å²) in [4.78, 5) is 10.2. The standard InChI is InChI=1S/C11H12ClFN2O3/c12-11(8-14(13)4-5-18-11)7-9-2-1-3-10(6-9)15(16)17/h1-3,6H,4-5,7-8H2. The van der Waals surface area contributed by atoms with Gasteiger partial charge < -0.3 is 4.74 Å². The Balaban J connectivity index is 2.13. The number of morpholine rings is 1. The van der Waals surface area contributed by atoms with Crippen molar-refractivity contribution in [2.24, 2.45) is 0 Å². The second-order valence-corrected chi connectivity index (χ2v) is 4.87. The first-order valence-electron chi connectivity index (χ1n) is 5.45. The Morgan fingerprint density at radius 3 is 3.06 bits per heavy atom. The monoisotopic (exact) mass is 274 g/mol. The predicted molar refractivity (Wildman–Crippen MR) is 64.0 cm³/mol. The average Bonchev–Trinajstić information content (AvgIpc) is 2.28. The molecular weight excluding hydrogens is 263 g/mol. The van der Waals surface area contributed by atoms with Crippen molar-refractivity contribution in [3.63, 3.8) is 0 Å². The number of rotatable bonds is 3. The Bertz CT molecular complexity index is 460. The van der Waals surface area contributed by atoms with E-state index in [4.69, 9.17) is 16.3 Å². The first-order valence-corrected chi connectivity index (χ1v) is 5.83. The van der Waals surface area contributed by atoms with Crippen LogP contribution in [0.5, 0.6) is 0 Å². The Kier molecular flexibility index (Phi) is 3.79. The molecule has 18 heavy (non-hydrogen) atoms. The predicted octanol–water partition coefficient (Wildman–Crippen LogP) is 2.29. The van der Waals surface area contributed by atoms with E-state index in [1.807, 2.05) is 0 Å². The van der Waals surface area contributed by atoms with Crippen molar-refractivity contribution in [2.75, 3.05) is 19.7 Å². The summed E-state index contributed by atoms with van der Waals surface area (Å²) < 4.78 is 18.5. The topological polar surface area (TPSA) is 55.6 Å². The van der Waals surface area contributed by atoms with Gasteiger partial charge in [0.1, 0.15) is 0 Å². The first kappa shape index (κ1) is 13.2. The van der Waals surface area contributed by atoms with Gasteiger partial charge in [-0.25, -0.2) is 0 Å². The van der Waals surface area contributed by atoms with Crippen LogP contribution in [0, 0.1) is 10.1 Å². The molecule has 1 unspecified atom stereocenters. The highest BCUT2D eigenvalue weighted by Crippen LogP contribution is 2.28. The fourth-order valence-corrected chi connectivity index (χ4v) is 2.26. The number of halogens is 2. The Morgan fingerprint density at radius 1 is 1.61 bits per heavy atom. The SMILES string of the molecule is O=[N+]([O-])c1cccc(CC2(Cl)CN(F)CCO2)c1. The number of hydrogen-bond acceptors (Lipinski definition) is 4. The minimum absolute atomic E-state index is 0.0133. The number of nitro benzene ring substituents is 1. The van der Waals surface area contributed by atoms with Gasteiger partial charge in [0, 0.05) is 18.6 Å². The molecule has 1 aliphatic heterocycles. The lowest BCUT2D eigenvalue weighted by Crippen LogP contribution is -2.46. The molecule has 0 bridgehead atoms. The van der Waals surface area contributed by atoms with Gasteiger partial charge in [0.15, 0.2) is 5.06 Å². The van der Waals surface area contributed by atoms with E-state index in [0.717, 1.165) is 0 Å². The van der Waals surface area contributed by atoms with Crippen molar-refractivity contribution in [1.82, 2.24) is 5.12 Å². The maximum atomic E-state index is 13.1. The molecule has 0 saturated carbocycles. The number of ether oxygens (including phenoxy) is 1. The van der Waals surface area contributed by atoms with Crippen LogP contribution < -0.4 is 0 Å². The highest BCUT2D eigenvalue weighted by Gasteiger charge is 2.35. The average molecular weight is 275 g/mol. The van der Waals surface area contributed by atoms with E-state index in [-0.39, 0.29) is 31.8 Å².